The molecule has 0 aliphatic carbocycles. The quantitative estimate of drug-likeness (QED) is 0.499. The van der Waals surface area contributed by atoms with Gasteiger partial charge in [0.1, 0.15) is 5.58 Å². The molecule has 25 heavy (non-hydrogen) atoms. The third-order valence-electron chi connectivity index (χ3n) is 4.03. The maximum absolute atomic E-state index is 11.6. The minimum Gasteiger partial charge on any atom is -0.422 e. The smallest absolute Gasteiger partial charge is 0.336 e. The summed E-state index contributed by atoms with van der Waals surface area (Å²) < 4.78 is 19.9. The Bertz CT molecular complexity index is 771. The fraction of sp³-hybridized carbons (Fsp3) is 0.526. The highest BCUT2D eigenvalue weighted by Gasteiger charge is 2.06. The Morgan fingerprint density at radius 3 is 2.60 bits per heavy atom. The lowest BCUT2D eigenvalue weighted by molar-refractivity contribution is 0.557. The zero-order chi connectivity index (χ0) is 18.2. The summed E-state index contributed by atoms with van der Waals surface area (Å²) in [5, 5.41) is 4.55. The van der Waals surface area contributed by atoms with E-state index in [1.165, 1.54) is 6.07 Å². The van der Waals surface area contributed by atoms with Gasteiger partial charge >= 0.3 is 5.63 Å². The van der Waals surface area contributed by atoms with Crippen molar-refractivity contribution in [1.82, 2.24) is 4.72 Å². The number of benzene rings is 1. The first-order chi connectivity index (χ1) is 12.0. The molecule has 2 rings (SSSR count). The van der Waals surface area contributed by atoms with Crippen molar-refractivity contribution in [3.8, 4) is 0 Å². The Morgan fingerprint density at radius 2 is 1.88 bits per heavy atom. The van der Waals surface area contributed by atoms with Crippen molar-refractivity contribution in [1.29, 1.82) is 0 Å². The second kappa shape index (κ2) is 9.73. The van der Waals surface area contributed by atoms with E-state index < -0.39 is 11.0 Å². The van der Waals surface area contributed by atoms with Crippen LogP contribution in [0.3, 0.4) is 0 Å². The van der Waals surface area contributed by atoms with E-state index in [1.807, 2.05) is 26.0 Å². The summed E-state index contributed by atoms with van der Waals surface area (Å²) >= 11 is 0. The Hall–Kier alpha value is -1.66. The first kappa shape index (κ1) is 19.7. The van der Waals surface area contributed by atoms with Crippen molar-refractivity contribution in [3.63, 3.8) is 0 Å². The standard InChI is InChI=1S/C19H28N2O3S/c1-4-15-12-17(13-16-8-9-18(22)24-19(15)16)20-10-6-5-7-11-21-25(23)14(2)3/h8-9,12-14,20-21H,4-7,10-11H2,1-3H3. The van der Waals surface area contributed by atoms with Crippen LogP contribution in [0.5, 0.6) is 0 Å². The van der Waals surface area contributed by atoms with Crippen LogP contribution in [0.25, 0.3) is 11.0 Å². The summed E-state index contributed by atoms with van der Waals surface area (Å²) in [5.41, 5.74) is 2.47. The summed E-state index contributed by atoms with van der Waals surface area (Å²) in [4.78, 5) is 11.4. The second-order valence-corrected chi connectivity index (χ2v) is 8.22. The molecule has 1 unspecified atom stereocenters. The lowest BCUT2D eigenvalue weighted by Gasteiger charge is -2.10. The minimum absolute atomic E-state index is 0.159. The van der Waals surface area contributed by atoms with Gasteiger partial charge in [-0.3, -0.25) is 0 Å². The van der Waals surface area contributed by atoms with Crippen molar-refractivity contribution in [2.45, 2.75) is 51.7 Å². The maximum atomic E-state index is 11.6. The van der Waals surface area contributed by atoms with E-state index in [1.54, 1.807) is 0 Å². The Labute approximate surface area is 151 Å². The number of hydrogen-bond acceptors (Lipinski definition) is 4. The molecule has 2 aromatic rings. The molecular weight excluding hydrogens is 336 g/mol. The van der Waals surface area contributed by atoms with Gasteiger partial charge in [-0.25, -0.2) is 13.7 Å². The van der Waals surface area contributed by atoms with Crippen molar-refractivity contribution in [3.05, 3.63) is 40.2 Å². The second-order valence-electron chi connectivity index (χ2n) is 6.39. The fourth-order valence-corrected chi connectivity index (χ4v) is 3.30. The number of rotatable bonds is 10. The first-order valence-corrected chi connectivity index (χ1v) is 10.2. The van der Waals surface area contributed by atoms with Crippen LogP contribution >= 0.6 is 0 Å². The fourth-order valence-electron chi connectivity index (χ4n) is 2.62. The third kappa shape index (κ3) is 5.97. The molecular formula is C19H28N2O3S. The van der Waals surface area contributed by atoms with Crippen LogP contribution in [0.4, 0.5) is 5.69 Å². The Morgan fingerprint density at radius 1 is 1.12 bits per heavy atom. The van der Waals surface area contributed by atoms with Crippen LogP contribution < -0.4 is 15.7 Å². The van der Waals surface area contributed by atoms with Gasteiger partial charge in [0.05, 0.1) is 11.0 Å². The van der Waals surface area contributed by atoms with E-state index in [9.17, 15) is 9.00 Å². The third-order valence-corrected chi connectivity index (χ3v) is 5.38. The molecule has 0 bridgehead atoms. The predicted molar refractivity (Wildman–Crippen MR) is 105 cm³/mol. The van der Waals surface area contributed by atoms with Crippen molar-refractivity contribution in [2.24, 2.45) is 0 Å². The SMILES string of the molecule is CCc1cc(NCCCCCNS(=O)C(C)C)cc2ccc(=O)oc12. The van der Waals surface area contributed by atoms with Gasteiger partial charge in [0.25, 0.3) is 0 Å². The number of nitrogens with one attached hydrogen (secondary N) is 2. The van der Waals surface area contributed by atoms with Gasteiger partial charge in [0.15, 0.2) is 0 Å². The molecule has 0 aliphatic rings. The molecule has 1 heterocycles. The molecule has 2 N–H and O–H groups in total. The molecule has 0 saturated heterocycles. The normalized spacial score (nSPS) is 12.6. The number of aryl methyl sites for hydroxylation is 1. The van der Waals surface area contributed by atoms with Gasteiger partial charge in [-0.2, -0.15) is 0 Å². The average Bonchev–Trinajstić information content (AvgIpc) is 2.60. The minimum atomic E-state index is -0.924. The zero-order valence-electron chi connectivity index (χ0n) is 15.3. The van der Waals surface area contributed by atoms with Gasteiger partial charge in [-0.15, -0.1) is 0 Å². The molecule has 1 aromatic carbocycles. The number of hydrogen-bond donors (Lipinski definition) is 2. The largest absolute Gasteiger partial charge is 0.422 e. The van der Waals surface area contributed by atoms with E-state index >= 15 is 0 Å². The van der Waals surface area contributed by atoms with Gasteiger partial charge < -0.3 is 9.73 Å². The highest BCUT2D eigenvalue weighted by atomic mass is 32.2. The molecule has 0 aliphatic heterocycles. The van der Waals surface area contributed by atoms with E-state index in [0.29, 0.717) is 5.58 Å². The maximum Gasteiger partial charge on any atom is 0.336 e. The highest BCUT2D eigenvalue weighted by molar-refractivity contribution is 7.83. The zero-order valence-corrected chi connectivity index (χ0v) is 16.1. The van der Waals surface area contributed by atoms with E-state index in [0.717, 1.165) is 55.4 Å². The molecule has 0 amide bonds. The van der Waals surface area contributed by atoms with E-state index in [-0.39, 0.29) is 10.9 Å². The summed E-state index contributed by atoms with van der Waals surface area (Å²) in [6.45, 7) is 7.64. The van der Waals surface area contributed by atoms with Crippen LogP contribution in [-0.4, -0.2) is 22.5 Å². The topological polar surface area (TPSA) is 71.3 Å². The summed E-state index contributed by atoms with van der Waals surface area (Å²) in [6.07, 6.45) is 3.97. The first-order valence-electron chi connectivity index (χ1n) is 8.96. The molecule has 0 fully saturated rings. The predicted octanol–water partition coefficient (Wildman–Crippen LogP) is 3.60. The van der Waals surface area contributed by atoms with Crippen LogP contribution in [0.15, 0.2) is 33.5 Å². The van der Waals surface area contributed by atoms with Gasteiger partial charge in [-0.1, -0.05) is 13.3 Å². The molecule has 1 aromatic heterocycles. The molecule has 138 valence electrons. The van der Waals surface area contributed by atoms with Gasteiger partial charge in [0.2, 0.25) is 0 Å². The monoisotopic (exact) mass is 364 g/mol. The molecule has 0 radical (unpaired) electrons. The molecule has 6 heteroatoms. The Balaban J connectivity index is 1.80. The highest BCUT2D eigenvalue weighted by Crippen LogP contribution is 2.23. The average molecular weight is 365 g/mol. The van der Waals surface area contributed by atoms with E-state index in [4.69, 9.17) is 4.42 Å². The summed E-state index contributed by atoms with van der Waals surface area (Å²) in [7, 11) is -0.924. The van der Waals surface area contributed by atoms with Crippen LogP contribution in [0, 0.1) is 0 Å². The van der Waals surface area contributed by atoms with Crippen LogP contribution in [-0.2, 0) is 17.4 Å². The Kier molecular flexibility index (Phi) is 7.65. The van der Waals surface area contributed by atoms with Crippen molar-refractivity contribution < 1.29 is 8.63 Å². The number of unbranched alkanes of at least 4 members (excludes halogenated alkanes) is 2. The molecule has 1 atom stereocenters. The summed E-state index contributed by atoms with van der Waals surface area (Å²) in [5.74, 6) is 0. The lowest BCUT2D eigenvalue weighted by Crippen LogP contribution is -2.25. The van der Waals surface area contributed by atoms with Gasteiger partial charge in [-0.05, 0) is 56.9 Å². The molecule has 0 spiro atoms. The molecule has 5 nitrogen and oxygen atoms in total. The van der Waals surface area contributed by atoms with Crippen LogP contribution in [0.1, 0.15) is 45.6 Å². The number of anilines is 1. The van der Waals surface area contributed by atoms with Gasteiger partial charge in [0, 0.05) is 35.5 Å². The molecule has 0 saturated carbocycles. The lowest BCUT2D eigenvalue weighted by atomic mass is 10.1. The summed E-state index contributed by atoms with van der Waals surface area (Å²) in [6, 6.07) is 7.34. The van der Waals surface area contributed by atoms with E-state index in [2.05, 4.69) is 23.0 Å². The van der Waals surface area contributed by atoms with Crippen LogP contribution in [0.2, 0.25) is 0 Å². The van der Waals surface area contributed by atoms with Crippen molar-refractivity contribution >= 4 is 27.6 Å². The number of fused-ring (bicyclic) bond motifs is 1. The van der Waals surface area contributed by atoms with Crippen molar-refractivity contribution in [2.75, 3.05) is 18.4 Å².